The summed E-state index contributed by atoms with van der Waals surface area (Å²) in [4.78, 5) is 0. The Morgan fingerprint density at radius 3 is 2.65 bits per heavy atom. The molecule has 2 rings (SSSR count). The van der Waals surface area contributed by atoms with Gasteiger partial charge in [-0.1, -0.05) is 30.1 Å². The van der Waals surface area contributed by atoms with Gasteiger partial charge in [0, 0.05) is 10.6 Å². The molecule has 0 aliphatic rings. The van der Waals surface area contributed by atoms with Crippen molar-refractivity contribution in [1.82, 2.24) is 5.32 Å². The van der Waals surface area contributed by atoms with Gasteiger partial charge in [0.05, 0.1) is 11.1 Å². The number of nitrogens with one attached hydrogen (secondary N) is 1. The van der Waals surface area contributed by atoms with E-state index in [2.05, 4.69) is 19.2 Å². The van der Waals surface area contributed by atoms with Crippen LogP contribution in [0.1, 0.15) is 37.6 Å². The van der Waals surface area contributed by atoms with Gasteiger partial charge in [-0.05, 0) is 56.6 Å². The summed E-state index contributed by atoms with van der Waals surface area (Å²) in [6, 6.07) is 7.81. The standard InChI is InChI=1S/C16H19Cl2NO/c1-4-7-19-11(3)15-5-6-16(20-15)12-9-13(17)10(2)8-14(12)18/h5-6,8-9,11,19H,4,7H2,1-3H3. The van der Waals surface area contributed by atoms with E-state index in [0.29, 0.717) is 10.0 Å². The maximum atomic E-state index is 6.27. The minimum Gasteiger partial charge on any atom is -0.459 e. The largest absolute Gasteiger partial charge is 0.459 e. The first kappa shape index (κ1) is 15.4. The smallest absolute Gasteiger partial charge is 0.135 e. The van der Waals surface area contributed by atoms with Gasteiger partial charge in [-0.15, -0.1) is 0 Å². The number of rotatable bonds is 5. The van der Waals surface area contributed by atoms with Crippen LogP contribution in [0.3, 0.4) is 0 Å². The fourth-order valence-electron chi connectivity index (χ4n) is 2.03. The van der Waals surface area contributed by atoms with Crippen molar-refractivity contribution in [1.29, 1.82) is 0 Å². The fraction of sp³-hybridized carbons (Fsp3) is 0.375. The van der Waals surface area contributed by atoms with Crippen LogP contribution >= 0.6 is 23.2 Å². The van der Waals surface area contributed by atoms with Gasteiger partial charge in [0.2, 0.25) is 0 Å². The highest BCUT2D eigenvalue weighted by Crippen LogP contribution is 2.34. The molecule has 0 aliphatic heterocycles. The monoisotopic (exact) mass is 311 g/mol. The van der Waals surface area contributed by atoms with Gasteiger partial charge < -0.3 is 9.73 Å². The van der Waals surface area contributed by atoms with Crippen LogP contribution < -0.4 is 5.32 Å². The summed E-state index contributed by atoms with van der Waals surface area (Å²) >= 11 is 12.4. The van der Waals surface area contributed by atoms with Crippen LogP contribution in [0.25, 0.3) is 11.3 Å². The Morgan fingerprint density at radius 1 is 1.20 bits per heavy atom. The van der Waals surface area contributed by atoms with Crippen molar-refractivity contribution >= 4 is 23.2 Å². The molecule has 0 bridgehead atoms. The zero-order valence-corrected chi connectivity index (χ0v) is 13.5. The molecule has 0 saturated heterocycles. The van der Waals surface area contributed by atoms with Crippen LogP contribution in [0, 0.1) is 6.92 Å². The Labute approximate surface area is 130 Å². The topological polar surface area (TPSA) is 25.2 Å². The Morgan fingerprint density at radius 2 is 1.95 bits per heavy atom. The van der Waals surface area contributed by atoms with Crippen molar-refractivity contribution in [2.75, 3.05) is 6.54 Å². The van der Waals surface area contributed by atoms with Crippen molar-refractivity contribution in [3.63, 3.8) is 0 Å². The van der Waals surface area contributed by atoms with E-state index in [1.54, 1.807) is 0 Å². The van der Waals surface area contributed by atoms with E-state index < -0.39 is 0 Å². The summed E-state index contributed by atoms with van der Waals surface area (Å²) in [5.41, 5.74) is 1.79. The van der Waals surface area contributed by atoms with Crippen LogP contribution in [-0.4, -0.2) is 6.54 Å². The number of aryl methyl sites for hydroxylation is 1. The average Bonchev–Trinajstić information content (AvgIpc) is 2.89. The molecule has 0 radical (unpaired) electrons. The summed E-state index contributed by atoms with van der Waals surface area (Å²) in [7, 11) is 0. The maximum Gasteiger partial charge on any atom is 0.135 e. The van der Waals surface area contributed by atoms with E-state index in [-0.39, 0.29) is 6.04 Å². The van der Waals surface area contributed by atoms with E-state index >= 15 is 0 Å². The number of furan rings is 1. The Hall–Kier alpha value is -0.960. The highest BCUT2D eigenvalue weighted by Gasteiger charge is 2.14. The molecule has 1 heterocycles. The van der Waals surface area contributed by atoms with E-state index in [9.17, 15) is 0 Å². The molecule has 1 unspecified atom stereocenters. The molecule has 1 N–H and O–H groups in total. The van der Waals surface area contributed by atoms with Gasteiger partial charge in [-0.2, -0.15) is 0 Å². The molecular formula is C16H19Cl2NO. The summed E-state index contributed by atoms with van der Waals surface area (Å²) in [6.45, 7) is 7.12. The predicted molar refractivity (Wildman–Crippen MR) is 85.6 cm³/mol. The van der Waals surface area contributed by atoms with Gasteiger partial charge in [-0.25, -0.2) is 0 Å². The van der Waals surface area contributed by atoms with Gasteiger partial charge >= 0.3 is 0 Å². The van der Waals surface area contributed by atoms with Crippen molar-refractivity contribution in [2.45, 2.75) is 33.2 Å². The third kappa shape index (κ3) is 3.38. The lowest BCUT2D eigenvalue weighted by Crippen LogP contribution is -2.18. The van der Waals surface area contributed by atoms with Crippen molar-refractivity contribution in [2.24, 2.45) is 0 Å². The second-order valence-electron chi connectivity index (χ2n) is 4.96. The Kier molecular flexibility index (Phi) is 5.14. The second kappa shape index (κ2) is 6.66. The number of hydrogen-bond acceptors (Lipinski definition) is 2. The lowest BCUT2D eigenvalue weighted by Gasteiger charge is -2.10. The van der Waals surface area contributed by atoms with Gasteiger partial charge in [0.1, 0.15) is 11.5 Å². The third-order valence-corrected chi connectivity index (χ3v) is 3.99. The van der Waals surface area contributed by atoms with Gasteiger partial charge in [0.15, 0.2) is 0 Å². The first-order valence-electron chi connectivity index (χ1n) is 6.82. The average molecular weight is 312 g/mol. The molecule has 20 heavy (non-hydrogen) atoms. The highest BCUT2D eigenvalue weighted by atomic mass is 35.5. The van der Waals surface area contributed by atoms with Gasteiger partial charge in [-0.3, -0.25) is 0 Å². The van der Waals surface area contributed by atoms with Crippen LogP contribution in [-0.2, 0) is 0 Å². The first-order chi connectivity index (χ1) is 9.52. The minimum atomic E-state index is 0.184. The van der Waals surface area contributed by atoms with Crippen molar-refractivity contribution in [3.8, 4) is 11.3 Å². The Bertz CT molecular complexity index is 592. The normalized spacial score (nSPS) is 12.7. The quantitative estimate of drug-likeness (QED) is 0.775. The molecule has 1 atom stereocenters. The lowest BCUT2D eigenvalue weighted by molar-refractivity contribution is 0.439. The first-order valence-corrected chi connectivity index (χ1v) is 7.57. The van der Waals surface area contributed by atoms with Crippen LogP contribution in [0.15, 0.2) is 28.7 Å². The fourth-order valence-corrected chi connectivity index (χ4v) is 2.50. The molecule has 0 spiro atoms. The molecule has 0 saturated carbocycles. The summed E-state index contributed by atoms with van der Waals surface area (Å²) in [6.07, 6.45) is 1.09. The molecule has 0 aliphatic carbocycles. The van der Waals surface area contributed by atoms with E-state index in [4.69, 9.17) is 27.6 Å². The SMILES string of the molecule is CCCNC(C)c1ccc(-c2cc(Cl)c(C)cc2Cl)o1. The van der Waals surface area contributed by atoms with Crippen molar-refractivity contribution < 1.29 is 4.42 Å². The maximum absolute atomic E-state index is 6.27. The summed E-state index contributed by atoms with van der Waals surface area (Å²) in [5.74, 6) is 1.65. The van der Waals surface area contributed by atoms with Crippen LogP contribution in [0.4, 0.5) is 0 Å². The second-order valence-corrected chi connectivity index (χ2v) is 5.77. The third-order valence-electron chi connectivity index (χ3n) is 3.27. The molecule has 1 aromatic carbocycles. The molecule has 0 amide bonds. The van der Waals surface area contributed by atoms with Crippen LogP contribution in [0.2, 0.25) is 10.0 Å². The summed E-state index contributed by atoms with van der Waals surface area (Å²) in [5, 5.41) is 4.74. The number of hydrogen-bond donors (Lipinski definition) is 1. The van der Waals surface area contributed by atoms with E-state index in [0.717, 1.165) is 35.6 Å². The molecule has 4 heteroatoms. The number of benzene rings is 1. The highest BCUT2D eigenvalue weighted by molar-refractivity contribution is 6.35. The van der Waals surface area contributed by atoms with Crippen molar-refractivity contribution in [3.05, 3.63) is 45.6 Å². The molecule has 108 valence electrons. The van der Waals surface area contributed by atoms with Gasteiger partial charge in [0.25, 0.3) is 0 Å². The zero-order chi connectivity index (χ0) is 14.7. The predicted octanol–water partition coefficient (Wildman–Crippen LogP) is 5.62. The summed E-state index contributed by atoms with van der Waals surface area (Å²) < 4.78 is 5.90. The molecule has 2 aromatic rings. The van der Waals surface area contributed by atoms with E-state index in [1.807, 2.05) is 31.2 Å². The Balaban J connectivity index is 2.27. The minimum absolute atomic E-state index is 0.184. The molecule has 0 fully saturated rings. The molecular weight excluding hydrogens is 293 g/mol. The molecule has 1 aromatic heterocycles. The lowest BCUT2D eigenvalue weighted by atomic mass is 10.1. The van der Waals surface area contributed by atoms with E-state index in [1.165, 1.54) is 0 Å². The van der Waals surface area contributed by atoms with Crippen LogP contribution in [0.5, 0.6) is 0 Å². The number of halogens is 2. The zero-order valence-electron chi connectivity index (χ0n) is 12.0. The molecule has 2 nitrogen and oxygen atoms in total.